The van der Waals surface area contributed by atoms with E-state index in [1.165, 1.54) is 32.2 Å². The number of fused-ring (bicyclic) bond motifs is 1. The number of benzene rings is 1. The van der Waals surface area contributed by atoms with Crippen molar-refractivity contribution < 1.29 is 22.7 Å². The van der Waals surface area contributed by atoms with Crippen LogP contribution >= 0.6 is 0 Å². The molecule has 0 amide bonds. The quantitative estimate of drug-likeness (QED) is 0.380. The molecule has 214 valence electrons. The number of ether oxygens (including phenoxy) is 2. The molecular weight excluding hydrogens is 534 g/mol. The number of nitrogens with zero attached hydrogens (tertiary/aromatic N) is 3. The van der Waals surface area contributed by atoms with Gasteiger partial charge >= 0.3 is 5.97 Å². The molecule has 1 aromatic carbocycles. The second-order valence-corrected chi connectivity index (χ2v) is 14.3. The van der Waals surface area contributed by atoms with E-state index in [1.54, 1.807) is 43.7 Å². The number of hydrogen-bond donors (Lipinski definition) is 2. The van der Waals surface area contributed by atoms with Gasteiger partial charge in [0.25, 0.3) is 5.56 Å². The molecule has 2 aromatic heterocycles. The Labute approximate surface area is 233 Å². The van der Waals surface area contributed by atoms with Crippen LogP contribution < -0.4 is 10.9 Å². The van der Waals surface area contributed by atoms with Gasteiger partial charge in [0.15, 0.2) is 15.7 Å². The minimum absolute atomic E-state index is 0.0483. The number of aromatic amines is 1. The lowest BCUT2D eigenvalue weighted by atomic mass is 9.89. The Hall–Kier alpha value is -3.69. The van der Waals surface area contributed by atoms with Gasteiger partial charge in [0.1, 0.15) is 11.0 Å². The van der Waals surface area contributed by atoms with E-state index in [0.717, 1.165) is 6.42 Å². The molecule has 3 aromatic rings. The SMILES string of the molecule is CC(C)(C)OC(=O)CC(C)(C)S(=O)(=O)c1ccc(Nc2nn(C3(CC#N)CCCOC3)c3cc[nH]c(=O)c23)cc1. The van der Waals surface area contributed by atoms with Crippen LogP contribution in [0.3, 0.4) is 0 Å². The first kappa shape index (κ1) is 29.3. The van der Waals surface area contributed by atoms with Gasteiger partial charge in [-0.2, -0.15) is 10.4 Å². The number of hydrogen-bond acceptors (Lipinski definition) is 9. The van der Waals surface area contributed by atoms with E-state index in [2.05, 4.69) is 16.4 Å². The van der Waals surface area contributed by atoms with Crippen LogP contribution in [0.25, 0.3) is 10.9 Å². The summed E-state index contributed by atoms with van der Waals surface area (Å²) in [5.74, 6) is -0.315. The molecule has 2 N–H and O–H groups in total. The van der Waals surface area contributed by atoms with E-state index < -0.39 is 31.7 Å². The fourth-order valence-electron chi connectivity index (χ4n) is 4.89. The highest BCUT2D eigenvalue weighted by atomic mass is 32.2. The lowest BCUT2D eigenvalue weighted by molar-refractivity contribution is -0.155. The summed E-state index contributed by atoms with van der Waals surface area (Å²) in [4.78, 5) is 27.9. The molecule has 1 atom stereocenters. The normalized spacial score (nSPS) is 18.3. The molecule has 0 saturated carbocycles. The average molecular weight is 570 g/mol. The number of H-pyrrole nitrogens is 1. The molecule has 11 nitrogen and oxygen atoms in total. The lowest BCUT2D eigenvalue weighted by Crippen LogP contribution is -2.42. The van der Waals surface area contributed by atoms with E-state index in [1.807, 2.05) is 0 Å². The van der Waals surface area contributed by atoms with Gasteiger partial charge in [0.2, 0.25) is 0 Å². The zero-order valence-corrected chi connectivity index (χ0v) is 24.2. The number of carbonyl (C=O) groups excluding carboxylic acids is 1. The maximum atomic E-state index is 13.4. The van der Waals surface area contributed by atoms with Crippen molar-refractivity contribution in [2.45, 2.75) is 81.1 Å². The number of anilines is 2. The Morgan fingerprint density at radius 1 is 1.23 bits per heavy atom. The van der Waals surface area contributed by atoms with Gasteiger partial charge < -0.3 is 19.8 Å². The number of carbonyl (C=O) groups is 1. The number of nitrogens with one attached hydrogen (secondary N) is 2. The first-order valence-corrected chi connectivity index (χ1v) is 14.6. The average Bonchev–Trinajstić information content (AvgIpc) is 3.23. The number of esters is 1. The van der Waals surface area contributed by atoms with Crippen LogP contribution in [0.2, 0.25) is 0 Å². The van der Waals surface area contributed by atoms with E-state index in [-0.39, 0.29) is 29.1 Å². The first-order chi connectivity index (χ1) is 18.7. The van der Waals surface area contributed by atoms with Crippen LogP contribution in [0.15, 0.2) is 46.2 Å². The smallest absolute Gasteiger partial charge is 0.307 e. The van der Waals surface area contributed by atoms with Crippen molar-refractivity contribution in [3.05, 3.63) is 46.9 Å². The summed E-state index contributed by atoms with van der Waals surface area (Å²) in [6, 6.07) is 10.0. The number of aromatic nitrogens is 3. The fourth-order valence-corrected chi connectivity index (χ4v) is 6.33. The molecule has 1 aliphatic heterocycles. The zero-order valence-electron chi connectivity index (χ0n) is 23.4. The fraction of sp³-hybridized carbons (Fsp3) is 0.500. The van der Waals surface area contributed by atoms with E-state index in [4.69, 9.17) is 14.6 Å². The predicted octanol–water partition coefficient (Wildman–Crippen LogP) is 4.17. The molecular formula is C28H35N5O6S. The molecule has 40 heavy (non-hydrogen) atoms. The summed E-state index contributed by atoms with van der Waals surface area (Å²) < 4.78 is 38.1. The molecule has 12 heteroatoms. The Balaban J connectivity index is 1.64. The maximum absolute atomic E-state index is 13.4. The molecule has 0 bridgehead atoms. The number of rotatable bonds is 8. The van der Waals surface area contributed by atoms with Gasteiger partial charge in [-0.1, -0.05) is 0 Å². The second-order valence-electron chi connectivity index (χ2n) is 11.7. The van der Waals surface area contributed by atoms with Gasteiger partial charge in [0.05, 0.1) is 46.2 Å². The summed E-state index contributed by atoms with van der Waals surface area (Å²) in [6.07, 6.45) is 2.84. The third-order valence-electron chi connectivity index (χ3n) is 6.91. The maximum Gasteiger partial charge on any atom is 0.307 e. The van der Waals surface area contributed by atoms with Crippen molar-refractivity contribution in [1.29, 1.82) is 5.26 Å². The van der Waals surface area contributed by atoms with Crippen LogP contribution in [0.5, 0.6) is 0 Å². The van der Waals surface area contributed by atoms with Crippen molar-refractivity contribution in [3.8, 4) is 6.07 Å². The van der Waals surface area contributed by atoms with Crippen LogP contribution in [-0.4, -0.2) is 52.7 Å². The standard InChI is InChI=1S/C28H35N5O6S/c1-26(2,3)39-22(34)17-27(4,5)40(36,37)20-9-7-19(8-10-20)31-24-23-21(11-15-30-25(23)35)33(32-24)28(13-14-29)12-6-16-38-18-28/h7-11,15H,6,12-13,16-18H2,1-5H3,(H,30,35)(H,31,32). The highest BCUT2D eigenvalue weighted by Crippen LogP contribution is 2.36. The molecule has 1 unspecified atom stereocenters. The van der Waals surface area contributed by atoms with Crippen LogP contribution in [0.1, 0.15) is 60.3 Å². The minimum Gasteiger partial charge on any atom is -0.460 e. The summed E-state index contributed by atoms with van der Waals surface area (Å²) >= 11 is 0. The monoisotopic (exact) mass is 569 g/mol. The Bertz CT molecular complexity index is 1600. The van der Waals surface area contributed by atoms with Crippen LogP contribution in [-0.2, 0) is 29.6 Å². The first-order valence-electron chi connectivity index (χ1n) is 13.1. The van der Waals surface area contributed by atoms with Crippen molar-refractivity contribution >= 4 is 38.2 Å². The lowest BCUT2D eigenvalue weighted by Gasteiger charge is -2.35. The van der Waals surface area contributed by atoms with Gasteiger partial charge in [-0.3, -0.25) is 14.3 Å². The summed E-state index contributed by atoms with van der Waals surface area (Å²) in [7, 11) is -3.89. The highest BCUT2D eigenvalue weighted by molar-refractivity contribution is 7.92. The zero-order chi connectivity index (χ0) is 29.3. The molecule has 0 radical (unpaired) electrons. The Morgan fingerprint density at radius 2 is 1.93 bits per heavy atom. The highest BCUT2D eigenvalue weighted by Gasteiger charge is 2.40. The van der Waals surface area contributed by atoms with Crippen molar-refractivity contribution in [2.75, 3.05) is 18.5 Å². The van der Waals surface area contributed by atoms with Crippen LogP contribution in [0, 0.1) is 11.3 Å². The Kier molecular flexibility index (Phi) is 7.84. The number of nitriles is 1. The summed E-state index contributed by atoms with van der Waals surface area (Å²) in [5, 5.41) is 17.7. The van der Waals surface area contributed by atoms with Crippen LogP contribution in [0.4, 0.5) is 11.5 Å². The number of pyridine rings is 1. The van der Waals surface area contributed by atoms with Crippen molar-refractivity contribution in [3.63, 3.8) is 0 Å². The van der Waals surface area contributed by atoms with Gasteiger partial charge in [0, 0.05) is 18.5 Å². The molecule has 1 fully saturated rings. The molecule has 1 aliphatic rings. The molecule has 0 aliphatic carbocycles. The van der Waals surface area contributed by atoms with Gasteiger partial charge in [-0.25, -0.2) is 8.42 Å². The summed E-state index contributed by atoms with van der Waals surface area (Å²) in [5.41, 5.74) is -0.709. The minimum atomic E-state index is -3.89. The predicted molar refractivity (Wildman–Crippen MR) is 150 cm³/mol. The molecule has 1 saturated heterocycles. The van der Waals surface area contributed by atoms with Gasteiger partial charge in [-0.05, 0) is 77.8 Å². The largest absolute Gasteiger partial charge is 0.460 e. The topological polar surface area (TPSA) is 156 Å². The Morgan fingerprint density at radius 3 is 2.52 bits per heavy atom. The van der Waals surface area contributed by atoms with Crippen molar-refractivity contribution in [1.82, 2.24) is 14.8 Å². The summed E-state index contributed by atoms with van der Waals surface area (Å²) in [6.45, 7) is 9.07. The van der Waals surface area contributed by atoms with E-state index in [0.29, 0.717) is 36.2 Å². The number of sulfone groups is 1. The van der Waals surface area contributed by atoms with E-state index in [9.17, 15) is 23.3 Å². The third kappa shape index (κ3) is 5.76. The van der Waals surface area contributed by atoms with Gasteiger partial charge in [-0.15, -0.1) is 0 Å². The third-order valence-corrected chi connectivity index (χ3v) is 9.40. The molecule has 3 heterocycles. The molecule has 0 spiro atoms. The molecule has 4 rings (SSSR count). The van der Waals surface area contributed by atoms with E-state index >= 15 is 0 Å². The van der Waals surface area contributed by atoms with Crippen molar-refractivity contribution in [2.24, 2.45) is 0 Å². The second kappa shape index (κ2) is 10.7.